The number of pyridine rings is 1. The van der Waals surface area contributed by atoms with Crippen molar-refractivity contribution in [2.45, 2.75) is 11.4 Å². The fourth-order valence-corrected chi connectivity index (χ4v) is 4.95. The van der Waals surface area contributed by atoms with Crippen LogP contribution in [0.1, 0.15) is 15.9 Å². The summed E-state index contributed by atoms with van der Waals surface area (Å²) in [6.07, 6.45) is 1.32. The number of hydrogen-bond donors (Lipinski definition) is 3. The van der Waals surface area contributed by atoms with Crippen molar-refractivity contribution in [3.05, 3.63) is 88.2 Å². The Kier molecular flexibility index (Phi) is 6.45. The molecule has 10 nitrogen and oxygen atoms in total. The molecule has 0 spiro atoms. The molecule has 3 aromatic carbocycles. The molecule has 1 aromatic heterocycles. The average molecular weight is 522 g/mol. The van der Waals surface area contributed by atoms with E-state index in [0.717, 1.165) is 5.56 Å². The van der Waals surface area contributed by atoms with Gasteiger partial charge < -0.3 is 24.5 Å². The molecule has 0 radical (unpaired) electrons. The average Bonchev–Trinajstić information content (AvgIpc) is 2.92. The minimum Gasteiger partial charge on any atom is -0.497 e. The van der Waals surface area contributed by atoms with Gasteiger partial charge in [-0.05, 0) is 48.0 Å². The zero-order valence-corrected chi connectivity index (χ0v) is 20.6. The van der Waals surface area contributed by atoms with E-state index < -0.39 is 21.4 Å². The van der Waals surface area contributed by atoms with Gasteiger partial charge in [-0.2, -0.15) is 0 Å². The van der Waals surface area contributed by atoms with Gasteiger partial charge in [0.25, 0.3) is 15.9 Å². The van der Waals surface area contributed by atoms with Crippen LogP contribution in [-0.2, 0) is 16.6 Å². The van der Waals surface area contributed by atoms with Gasteiger partial charge in [-0.3, -0.25) is 14.3 Å². The number of sulfonamides is 1. The predicted octanol–water partition coefficient (Wildman–Crippen LogP) is 3.04. The number of H-pyrrole nitrogens is 1. The molecule has 2 heterocycles. The van der Waals surface area contributed by atoms with Crippen LogP contribution in [-0.4, -0.2) is 39.6 Å². The number of rotatable bonds is 7. The molecule has 3 N–H and O–H groups in total. The van der Waals surface area contributed by atoms with Gasteiger partial charge in [-0.25, -0.2) is 8.42 Å². The van der Waals surface area contributed by atoms with E-state index in [1.165, 1.54) is 30.5 Å². The Morgan fingerprint density at radius 2 is 1.76 bits per heavy atom. The molecule has 0 saturated heterocycles. The van der Waals surface area contributed by atoms with E-state index in [1.54, 1.807) is 43.5 Å². The maximum absolute atomic E-state index is 13.1. The van der Waals surface area contributed by atoms with Crippen molar-refractivity contribution in [1.82, 2.24) is 10.3 Å². The number of carbonyl (C=O) groups is 1. The minimum atomic E-state index is -4.04. The third-order valence-corrected chi connectivity index (χ3v) is 7.19. The lowest BCUT2D eigenvalue weighted by Gasteiger charge is -2.19. The molecule has 0 aliphatic carbocycles. The van der Waals surface area contributed by atoms with E-state index in [2.05, 4.69) is 15.0 Å². The Bertz CT molecular complexity index is 1650. The van der Waals surface area contributed by atoms with Crippen molar-refractivity contribution < 1.29 is 27.4 Å². The van der Waals surface area contributed by atoms with Crippen molar-refractivity contribution in [3.8, 4) is 17.2 Å². The highest BCUT2D eigenvalue weighted by atomic mass is 32.2. The summed E-state index contributed by atoms with van der Waals surface area (Å²) >= 11 is 0. The van der Waals surface area contributed by atoms with Gasteiger partial charge in [0, 0.05) is 29.7 Å². The quantitative estimate of drug-likeness (QED) is 0.340. The zero-order chi connectivity index (χ0) is 26.0. The van der Waals surface area contributed by atoms with E-state index in [9.17, 15) is 18.0 Å². The van der Waals surface area contributed by atoms with Crippen LogP contribution in [0.3, 0.4) is 0 Å². The molecule has 0 atom stereocenters. The van der Waals surface area contributed by atoms with Crippen LogP contribution < -0.4 is 29.7 Å². The van der Waals surface area contributed by atoms with Crippen molar-refractivity contribution in [3.63, 3.8) is 0 Å². The first-order valence-electron chi connectivity index (χ1n) is 11.3. The largest absolute Gasteiger partial charge is 0.497 e. The molecule has 190 valence electrons. The van der Waals surface area contributed by atoms with Crippen LogP contribution in [0.15, 0.2) is 76.6 Å². The highest BCUT2D eigenvalue weighted by Crippen LogP contribution is 2.33. The van der Waals surface area contributed by atoms with Gasteiger partial charge >= 0.3 is 0 Å². The maximum atomic E-state index is 13.1. The number of anilines is 1. The standard InChI is InChI=1S/C26H23N3O7S/c1-34-18-5-2-16(3-6-18)14-28-26(31)21-15-27-22-8-7-19(13-20(22)25(21)30)37(32,33)29-17-4-9-23-24(12-17)36-11-10-35-23/h2-9,12-13,15,29H,10-11,14H2,1H3,(H,27,30)(H,28,31). The van der Waals surface area contributed by atoms with E-state index in [4.69, 9.17) is 14.2 Å². The van der Waals surface area contributed by atoms with Crippen molar-refractivity contribution in [2.24, 2.45) is 0 Å². The Labute approximate surface area is 212 Å². The summed E-state index contributed by atoms with van der Waals surface area (Å²) in [5.74, 6) is 1.08. The maximum Gasteiger partial charge on any atom is 0.261 e. The lowest BCUT2D eigenvalue weighted by atomic mass is 10.1. The van der Waals surface area contributed by atoms with Gasteiger partial charge in [0.1, 0.15) is 24.5 Å². The second-order valence-corrected chi connectivity index (χ2v) is 9.92. The van der Waals surface area contributed by atoms with E-state index >= 15 is 0 Å². The predicted molar refractivity (Wildman–Crippen MR) is 137 cm³/mol. The van der Waals surface area contributed by atoms with Crippen LogP contribution in [0.25, 0.3) is 10.9 Å². The fourth-order valence-electron chi connectivity index (χ4n) is 3.88. The molecule has 4 aromatic rings. The van der Waals surface area contributed by atoms with Crippen LogP contribution in [0, 0.1) is 0 Å². The molecular formula is C26H23N3O7S. The molecule has 1 amide bonds. The monoisotopic (exact) mass is 521 g/mol. The number of ether oxygens (including phenoxy) is 3. The summed E-state index contributed by atoms with van der Waals surface area (Å²) in [4.78, 5) is 28.6. The van der Waals surface area contributed by atoms with Crippen LogP contribution in [0.5, 0.6) is 17.2 Å². The first-order valence-corrected chi connectivity index (χ1v) is 12.8. The molecule has 0 fully saturated rings. The molecule has 37 heavy (non-hydrogen) atoms. The van der Waals surface area contributed by atoms with E-state index in [0.29, 0.717) is 36.0 Å². The Hall–Kier alpha value is -4.51. The Morgan fingerprint density at radius 1 is 1.00 bits per heavy atom. The van der Waals surface area contributed by atoms with Crippen LogP contribution in [0.2, 0.25) is 0 Å². The van der Waals surface area contributed by atoms with Gasteiger partial charge in [-0.1, -0.05) is 12.1 Å². The smallest absolute Gasteiger partial charge is 0.261 e. The summed E-state index contributed by atoms with van der Waals surface area (Å²) in [6.45, 7) is 0.992. The number of benzene rings is 3. The van der Waals surface area contributed by atoms with Crippen LogP contribution in [0.4, 0.5) is 5.69 Å². The van der Waals surface area contributed by atoms with Crippen molar-refractivity contribution in [1.29, 1.82) is 0 Å². The first-order chi connectivity index (χ1) is 17.8. The number of fused-ring (bicyclic) bond motifs is 2. The topological polar surface area (TPSA) is 136 Å². The third-order valence-electron chi connectivity index (χ3n) is 5.81. The van der Waals surface area contributed by atoms with Gasteiger partial charge in [0.05, 0.1) is 17.7 Å². The second-order valence-electron chi connectivity index (χ2n) is 8.23. The molecule has 11 heteroatoms. The molecule has 1 aliphatic rings. The number of aromatic amines is 1. The summed E-state index contributed by atoms with van der Waals surface area (Å²) in [5.41, 5.74) is 0.789. The number of nitrogens with one attached hydrogen (secondary N) is 3. The number of aromatic nitrogens is 1. The highest BCUT2D eigenvalue weighted by molar-refractivity contribution is 7.92. The normalized spacial score (nSPS) is 12.7. The van der Waals surface area contributed by atoms with Crippen molar-refractivity contribution in [2.75, 3.05) is 25.0 Å². The highest BCUT2D eigenvalue weighted by Gasteiger charge is 2.20. The van der Waals surface area contributed by atoms with Crippen molar-refractivity contribution >= 4 is 32.5 Å². The number of amides is 1. The van der Waals surface area contributed by atoms with Gasteiger partial charge in [0.2, 0.25) is 5.43 Å². The van der Waals surface area contributed by atoms with Gasteiger partial charge in [-0.15, -0.1) is 0 Å². The molecule has 5 rings (SSSR count). The number of methoxy groups -OCH3 is 1. The first kappa shape index (κ1) is 24.2. The number of carbonyl (C=O) groups excluding carboxylic acids is 1. The lowest BCUT2D eigenvalue weighted by molar-refractivity contribution is 0.0949. The molecule has 0 unspecified atom stereocenters. The fraction of sp³-hybridized carbons (Fsp3) is 0.154. The lowest BCUT2D eigenvalue weighted by Crippen LogP contribution is -2.28. The summed E-state index contributed by atoms with van der Waals surface area (Å²) in [6, 6.07) is 16.0. The third kappa shape index (κ3) is 5.07. The summed E-state index contributed by atoms with van der Waals surface area (Å²) in [5, 5.41) is 2.78. The SMILES string of the molecule is COc1ccc(CNC(=O)c2c[nH]c3ccc(S(=O)(=O)Nc4ccc5c(c4)OCCO5)cc3c2=O)cc1. The summed E-state index contributed by atoms with van der Waals surface area (Å²) in [7, 11) is -2.48. The Morgan fingerprint density at radius 3 is 2.51 bits per heavy atom. The molecule has 0 bridgehead atoms. The second kappa shape index (κ2) is 9.86. The molecular weight excluding hydrogens is 498 g/mol. The number of hydrogen-bond acceptors (Lipinski definition) is 7. The summed E-state index contributed by atoms with van der Waals surface area (Å²) < 4.78 is 44.7. The van der Waals surface area contributed by atoms with Gasteiger partial charge in [0.15, 0.2) is 11.5 Å². The van der Waals surface area contributed by atoms with Crippen LogP contribution >= 0.6 is 0 Å². The van der Waals surface area contributed by atoms with E-state index in [-0.39, 0.29) is 28.1 Å². The van der Waals surface area contributed by atoms with E-state index in [1.807, 2.05) is 0 Å². The minimum absolute atomic E-state index is 0.0714. The Balaban J connectivity index is 1.38. The molecule has 1 aliphatic heterocycles. The molecule has 0 saturated carbocycles. The zero-order valence-electron chi connectivity index (χ0n) is 19.7.